The quantitative estimate of drug-likeness (QED) is 0.722. The summed E-state index contributed by atoms with van der Waals surface area (Å²) in [5.74, 6) is 0. The molecule has 0 spiro atoms. The fraction of sp³-hybridized carbons (Fsp3) is 0.133. The van der Waals surface area contributed by atoms with Crippen LogP contribution in [0.25, 0.3) is 23.1 Å². The van der Waals surface area contributed by atoms with Crippen molar-refractivity contribution in [2.24, 2.45) is 0 Å². The molecule has 2 heterocycles. The highest BCUT2D eigenvalue weighted by molar-refractivity contribution is 7.78. The number of aromatic nitrogens is 1. The maximum Gasteiger partial charge on any atom is 0.197 e. The second-order valence-electron chi connectivity index (χ2n) is 4.68. The number of aryl methyl sites for hydroxylation is 2. The van der Waals surface area contributed by atoms with Gasteiger partial charge in [0.05, 0.1) is 11.2 Å². The molecule has 3 nitrogen and oxygen atoms in total. The number of thiol groups is 1. The smallest absolute Gasteiger partial charge is 0.197 e. The first-order valence-corrected chi connectivity index (χ1v) is 6.48. The molecule has 1 aliphatic rings. The fourth-order valence-electron chi connectivity index (χ4n) is 2.39. The fourth-order valence-corrected chi connectivity index (χ4v) is 2.82. The third kappa shape index (κ3) is 1.71. The van der Waals surface area contributed by atoms with E-state index in [2.05, 4.69) is 18.1 Å². The SMILES string of the molecule is Cc1ccc2c(=O)c3c(n(S)c2c1C)C=CNC=C3. The zero-order chi connectivity index (χ0) is 13.6. The van der Waals surface area contributed by atoms with E-state index < -0.39 is 0 Å². The van der Waals surface area contributed by atoms with Gasteiger partial charge < -0.3 is 5.32 Å². The minimum atomic E-state index is 0.0444. The van der Waals surface area contributed by atoms with Gasteiger partial charge in [-0.1, -0.05) is 18.9 Å². The van der Waals surface area contributed by atoms with Crippen molar-refractivity contribution in [1.29, 1.82) is 0 Å². The first-order valence-electron chi connectivity index (χ1n) is 6.08. The molecule has 19 heavy (non-hydrogen) atoms. The molecule has 96 valence electrons. The molecule has 0 aliphatic carbocycles. The summed E-state index contributed by atoms with van der Waals surface area (Å²) >= 11 is 4.58. The van der Waals surface area contributed by atoms with Crippen LogP contribution in [0, 0.1) is 13.8 Å². The van der Waals surface area contributed by atoms with Crippen molar-refractivity contribution in [1.82, 2.24) is 9.29 Å². The Morgan fingerprint density at radius 2 is 1.89 bits per heavy atom. The highest BCUT2D eigenvalue weighted by Crippen LogP contribution is 2.25. The second-order valence-corrected chi connectivity index (χ2v) is 5.08. The maximum absolute atomic E-state index is 12.6. The summed E-state index contributed by atoms with van der Waals surface area (Å²) < 4.78 is 1.79. The molecule has 0 fully saturated rings. The number of benzene rings is 1. The Bertz CT molecular complexity index is 800. The molecule has 1 N–H and O–H groups in total. The lowest BCUT2D eigenvalue weighted by Gasteiger charge is -2.14. The zero-order valence-corrected chi connectivity index (χ0v) is 11.7. The van der Waals surface area contributed by atoms with Crippen LogP contribution in [-0.2, 0) is 0 Å². The van der Waals surface area contributed by atoms with Gasteiger partial charge in [0, 0.05) is 23.3 Å². The predicted molar refractivity (Wildman–Crippen MR) is 83.3 cm³/mol. The summed E-state index contributed by atoms with van der Waals surface area (Å²) in [5.41, 5.74) is 4.63. The van der Waals surface area contributed by atoms with Crippen LogP contribution in [-0.4, -0.2) is 3.97 Å². The third-order valence-electron chi connectivity index (χ3n) is 3.59. The van der Waals surface area contributed by atoms with Crippen LogP contribution < -0.4 is 10.7 Å². The summed E-state index contributed by atoms with van der Waals surface area (Å²) in [7, 11) is 0. The van der Waals surface area contributed by atoms with Gasteiger partial charge in [0.1, 0.15) is 0 Å². The Labute approximate surface area is 116 Å². The van der Waals surface area contributed by atoms with E-state index in [9.17, 15) is 4.79 Å². The highest BCUT2D eigenvalue weighted by atomic mass is 32.1. The molecule has 1 aromatic heterocycles. The number of hydrogen-bond acceptors (Lipinski definition) is 3. The third-order valence-corrected chi connectivity index (χ3v) is 4.01. The van der Waals surface area contributed by atoms with Gasteiger partial charge in [0.25, 0.3) is 0 Å². The van der Waals surface area contributed by atoms with Crippen molar-refractivity contribution < 1.29 is 0 Å². The largest absolute Gasteiger partial charge is 0.368 e. The van der Waals surface area contributed by atoms with E-state index in [1.807, 2.05) is 32.1 Å². The van der Waals surface area contributed by atoms with E-state index in [4.69, 9.17) is 0 Å². The van der Waals surface area contributed by atoms with Gasteiger partial charge in [-0.15, -0.1) is 0 Å². The molecule has 0 radical (unpaired) electrons. The molecule has 0 saturated carbocycles. The van der Waals surface area contributed by atoms with Gasteiger partial charge in [-0.2, -0.15) is 0 Å². The number of nitrogens with zero attached hydrogens (tertiary/aromatic N) is 1. The molecular formula is C15H14N2OS. The lowest BCUT2D eigenvalue weighted by Crippen LogP contribution is -2.13. The standard InChI is InChI=1S/C15H14N2OS/c1-9-3-4-12-14(10(9)2)17(19)13-6-8-16-7-5-11(13)15(12)18/h3-8,16,19H,1-2H3. The molecule has 1 aromatic carbocycles. The van der Waals surface area contributed by atoms with Gasteiger partial charge in [-0.3, -0.25) is 8.77 Å². The lowest BCUT2D eigenvalue weighted by molar-refractivity contribution is 1.21. The minimum absolute atomic E-state index is 0.0444. The normalized spacial score (nSPS) is 13.2. The summed E-state index contributed by atoms with van der Waals surface area (Å²) in [6, 6.07) is 3.86. The topological polar surface area (TPSA) is 34.0 Å². The Hall–Kier alpha value is -1.94. The summed E-state index contributed by atoms with van der Waals surface area (Å²) in [6.45, 7) is 4.06. The minimum Gasteiger partial charge on any atom is -0.368 e. The number of rotatable bonds is 0. The number of pyridine rings is 1. The lowest BCUT2D eigenvalue weighted by atomic mass is 10.0. The van der Waals surface area contributed by atoms with Gasteiger partial charge in [-0.05, 0) is 43.2 Å². The van der Waals surface area contributed by atoms with Crippen LogP contribution in [0.3, 0.4) is 0 Å². The molecule has 1 aliphatic heterocycles. The molecular weight excluding hydrogens is 256 g/mol. The molecule has 0 unspecified atom stereocenters. The molecule has 0 bridgehead atoms. The van der Waals surface area contributed by atoms with Gasteiger partial charge in [0.15, 0.2) is 5.43 Å². The van der Waals surface area contributed by atoms with Crippen molar-refractivity contribution in [2.75, 3.05) is 0 Å². The number of hydrogen-bond donors (Lipinski definition) is 2. The van der Waals surface area contributed by atoms with Crippen LogP contribution in [0.1, 0.15) is 22.4 Å². The molecule has 0 saturated heterocycles. The molecule has 0 amide bonds. The zero-order valence-electron chi connectivity index (χ0n) is 10.8. The monoisotopic (exact) mass is 270 g/mol. The van der Waals surface area contributed by atoms with Crippen LogP contribution in [0.15, 0.2) is 29.3 Å². The summed E-state index contributed by atoms with van der Waals surface area (Å²) in [4.78, 5) is 12.6. The number of fused-ring (bicyclic) bond motifs is 2. The van der Waals surface area contributed by atoms with Crippen LogP contribution in [0.4, 0.5) is 0 Å². The van der Waals surface area contributed by atoms with Crippen molar-refractivity contribution >= 4 is 35.9 Å². The van der Waals surface area contributed by atoms with Gasteiger partial charge in [0.2, 0.25) is 0 Å². The van der Waals surface area contributed by atoms with Gasteiger partial charge >= 0.3 is 0 Å². The highest BCUT2D eigenvalue weighted by Gasteiger charge is 2.15. The first kappa shape index (κ1) is 12.1. The first-order chi connectivity index (χ1) is 9.11. The number of nitrogens with one attached hydrogen (secondary N) is 1. The van der Waals surface area contributed by atoms with Crippen molar-refractivity contribution in [3.05, 3.63) is 57.1 Å². The maximum atomic E-state index is 12.6. The molecule has 3 rings (SSSR count). The van der Waals surface area contributed by atoms with Crippen LogP contribution in [0.2, 0.25) is 0 Å². The molecule has 2 aromatic rings. The van der Waals surface area contributed by atoms with E-state index >= 15 is 0 Å². The van der Waals surface area contributed by atoms with E-state index in [1.165, 1.54) is 0 Å². The Morgan fingerprint density at radius 3 is 2.68 bits per heavy atom. The van der Waals surface area contributed by atoms with E-state index in [-0.39, 0.29) is 5.43 Å². The van der Waals surface area contributed by atoms with Crippen molar-refractivity contribution in [3.8, 4) is 0 Å². The second kappa shape index (κ2) is 4.31. The van der Waals surface area contributed by atoms with E-state index in [0.717, 1.165) is 22.3 Å². The van der Waals surface area contributed by atoms with Crippen LogP contribution >= 0.6 is 12.8 Å². The average molecular weight is 270 g/mol. The predicted octanol–water partition coefficient (Wildman–Crippen LogP) is 2.86. The van der Waals surface area contributed by atoms with E-state index in [1.54, 1.807) is 22.4 Å². The summed E-state index contributed by atoms with van der Waals surface area (Å²) in [6.07, 6.45) is 7.21. The Kier molecular flexibility index (Phi) is 2.75. The average Bonchev–Trinajstić information content (AvgIpc) is 2.65. The van der Waals surface area contributed by atoms with Gasteiger partial charge in [-0.25, -0.2) is 0 Å². The van der Waals surface area contributed by atoms with Crippen molar-refractivity contribution in [3.63, 3.8) is 0 Å². The van der Waals surface area contributed by atoms with E-state index in [0.29, 0.717) is 10.9 Å². The van der Waals surface area contributed by atoms with Crippen molar-refractivity contribution in [2.45, 2.75) is 13.8 Å². The molecule has 0 atom stereocenters. The Balaban J connectivity index is 2.59. The Morgan fingerprint density at radius 1 is 1.16 bits per heavy atom. The molecule has 4 heteroatoms. The van der Waals surface area contributed by atoms with Crippen LogP contribution in [0.5, 0.6) is 0 Å². The summed E-state index contributed by atoms with van der Waals surface area (Å²) in [5, 5.41) is 3.69.